The minimum absolute atomic E-state index is 0.0433. The molecule has 4 aliphatic carbocycles. The van der Waals surface area contributed by atoms with Gasteiger partial charge in [0.15, 0.2) is 0 Å². The van der Waals surface area contributed by atoms with Gasteiger partial charge in [0.2, 0.25) is 0 Å². The van der Waals surface area contributed by atoms with Crippen LogP contribution in [0.4, 0.5) is 0 Å². The van der Waals surface area contributed by atoms with Crippen LogP contribution in [0, 0.1) is 0 Å². The van der Waals surface area contributed by atoms with E-state index in [4.69, 9.17) is 33.2 Å². The highest BCUT2D eigenvalue weighted by atomic mass is 16.6. The molecule has 0 radical (unpaired) electrons. The molecule has 7 rings (SSSR count). The molecule has 0 amide bonds. The van der Waals surface area contributed by atoms with E-state index >= 15 is 0 Å². The quantitative estimate of drug-likeness (QED) is 0.0763. The zero-order valence-corrected chi connectivity index (χ0v) is 29.4. The summed E-state index contributed by atoms with van der Waals surface area (Å²) in [5, 5.41) is 0. The van der Waals surface area contributed by atoms with Gasteiger partial charge in [-0.05, 0) is 105 Å². The molecule has 4 bridgehead atoms. The van der Waals surface area contributed by atoms with Gasteiger partial charge < -0.3 is 33.2 Å². The Bertz CT molecular complexity index is 968. The molecule has 0 aromatic rings. The first kappa shape index (κ1) is 34.8. The van der Waals surface area contributed by atoms with Crippen molar-refractivity contribution in [3.05, 3.63) is 12.2 Å². The number of carbonyl (C=O) groups excluding carboxylic acids is 1. The van der Waals surface area contributed by atoms with E-state index in [0.29, 0.717) is 44.7 Å². The molecule has 0 N–H and O–H groups in total. The van der Waals surface area contributed by atoms with Crippen LogP contribution in [0.3, 0.4) is 0 Å². The summed E-state index contributed by atoms with van der Waals surface area (Å²) in [4.78, 5) is 13.1. The largest absolute Gasteiger partial charge is 0.455 e. The van der Waals surface area contributed by atoms with Gasteiger partial charge in [-0.3, -0.25) is 0 Å². The van der Waals surface area contributed by atoms with Crippen LogP contribution >= 0.6 is 0 Å². The Balaban J connectivity index is 1.15. The molecule has 46 heavy (non-hydrogen) atoms. The van der Waals surface area contributed by atoms with Gasteiger partial charge >= 0.3 is 5.97 Å². The summed E-state index contributed by atoms with van der Waals surface area (Å²) in [5.74, 6) is -0.321. The molecule has 8 heteroatoms. The summed E-state index contributed by atoms with van der Waals surface area (Å²) in [6.07, 6.45) is 17.4. The lowest BCUT2D eigenvalue weighted by Gasteiger charge is -2.68. The first-order valence-corrected chi connectivity index (χ1v) is 18.5. The topological polar surface area (TPSA) is 81.7 Å². The molecule has 0 aromatic carbocycles. The minimum atomic E-state index is -0.682. The second kappa shape index (κ2) is 13.4. The van der Waals surface area contributed by atoms with E-state index in [-0.39, 0.29) is 22.8 Å². The molecule has 0 spiro atoms. The molecule has 262 valence electrons. The van der Waals surface area contributed by atoms with Crippen molar-refractivity contribution >= 4 is 5.97 Å². The third kappa shape index (κ3) is 7.89. The lowest BCUT2D eigenvalue weighted by molar-refractivity contribution is -0.327. The van der Waals surface area contributed by atoms with Gasteiger partial charge in [-0.1, -0.05) is 6.58 Å². The maximum absolute atomic E-state index is 13.1. The molecule has 3 aliphatic heterocycles. The van der Waals surface area contributed by atoms with Crippen LogP contribution in [-0.4, -0.2) is 84.8 Å². The third-order valence-corrected chi connectivity index (χ3v) is 12.3. The van der Waals surface area contributed by atoms with Crippen molar-refractivity contribution in [3.8, 4) is 0 Å². The lowest BCUT2D eigenvalue weighted by Crippen LogP contribution is -2.74. The predicted molar refractivity (Wildman–Crippen MR) is 176 cm³/mol. The summed E-state index contributed by atoms with van der Waals surface area (Å²) in [6, 6.07) is 0. The summed E-state index contributed by atoms with van der Waals surface area (Å²) in [6.45, 7) is 17.0. The smallest absolute Gasteiger partial charge is 0.333 e. The second-order valence-corrected chi connectivity index (χ2v) is 17.0. The highest BCUT2D eigenvalue weighted by molar-refractivity contribution is 5.87. The van der Waals surface area contributed by atoms with Crippen LogP contribution in [-0.2, 0) is 38.0 Å². The van der Waals surface area contributed by atoms with Crippen molar-refractivity contribution in [1.82, 2.24) is 0 Å². The highest BCUT2D eigenvalue weighted by Gasteiger charge is 2.72. The average molecular weight is 647 g/mol. The number of esters is 1. The normalized spacial score (nSPS) is 42.3. The Morgan fingerprint density at radius 3 is 1.13 bits per heavy atom. The number of carbonyl (C=O) groups is 1. The van der Waals surface area contributed by atoms with Crippen molar-refractivity contribution in [2.24, 2.45) is 0 Å². The van der Waals surface area contributed by atoms with Crippen LogP contribution < -0.4 is 0 Å². The zero-order valence-electron chi connectivity index (χ0n) is 29.4. The van der Waals surface area contributed by atoms with E-state index in [1.54, 1.807) is 6.92 Å². The zero-order chi connectivity index (χ0) is 32.6. The van der Waals surface area contributed by atoms with E-state index < -0.39 is 22.4 Å². The molecule has 3 saturated heterocycles. The lowest BCUT2D eigenvalue weighted by atomic mass is 9.48. The molecular formula is C38H62O8. The van der Waals surface area contributed by atoms with Gasteiger partial charge in [0.05, 0.1) is 53.4 Å². The Morgan fingerprint density at radius 1 is 0.565 bits per heavy atom. The fourth-order valence-electron chi connectivity index (χ4n) is 9.74. The van der Waals surface area contributed by atoms with E-state index in [0.717, 1.165) is 116 Å². The number of hydrogen-bond acceptors (Lipinski definition) is 8. The van der Waals surface area contributed by atoms with Crippen molar-refractivity contribution < 1.29 is 38.0 Å². The van der Waals surface area contributed by atoms with Gasteiger partial charge in [0.1, 0.15) is 5.60 Å². The summed E-state index contributed by atoms with van der Waals surface area (Å²) in [5.41, 5.74) is -1.45. The Morgan fingerprint density at radius 2 is 0.870 bits per heavy atom. The van der Waals surface area contributed by atoms with E-state index in [1.165, 1.54) is 0 Å². The fourth-order valence-corrected chi connectivity index (χ4v) is 9.74. The number of hydrogen-bond donors (Lipinski definition) is 0. The van der Waals surface area contributed by atoms with Crippen molar-refractivity contribution in [1.29, 1.82) is 0 Å². The van der Waals surface area contributed by atoms with Crippen molar-refractivity contribution in [3.63, 3.8) is 0 Å². The Hall–Kier alpha value is -1.03. The maximum Gasteiger partial charge on any atom is 0.333 e. The molecular weight excluding hydrogens is 584 g/mol. The minimum Gasteiger partial charge on any atom is -0.455 e. The summed E-state index contributed by atoms with van der Waals surface area (Å²) >= 11 is 0. The van der Waals surface area contributed by atoms with Crippen LogP contribution in [0.1, 0.15) is 143 Å². The molecule has 3 heterocycles. The Labute approximate surface area is 277 Å². The molecule has 3 atom stereocenters. The van der Waals surface area contributed by atoms with Crippen LogP contribution in [0.25, 0.3) is 0 Å². The third-order valence-electron chi connectivity index (χ3n) is 12.3. The van der Waals surface area contributed by atoms with Crippen molar-refractivity contribution in [2.45, 2.75) is 182 Å². The maximum atomic E-state index is 13.1. The molecule has 4 saturated carbocycles. The number of ether oxygens (including phenoxy) is 7. The standard InChI is InChI=1S/C38H62O8/c1-30(2)31(39)46-38-27-35(43-18-9-6-12-32(3)15-21-40-32)24-36(28-38,44-19-10-7-13-33(4)16-22-41-33)26-37(25-35,29-38)45-20-11-8-14-34(5)17-23-42-34/h1,6-29H2,2-5H3. The fraction of sp³-hybridized carbons (Fsp3) is 0.921. The SMILES string of the molecule is C=C(C)C(=O)OC12CC3(OCCCCC4(C)CCO4)CC(OCCCCC4(C)CCO4)(CC(OCCCCC4(C)CCO4)(C3)C1)C2. The highest BCUT2D eigenvalue weighted by Crippen LogP contribution is 2.65. The predicted octanol–water partition coefficient (Wildman–Crippen LogP) is 7.54. The van der Waals surface area contributed by atoms with E-state index in [1.807, 2.05) is 0 Å². The van der Waals surface area contributed by atoms with Crippen molar-refractivity contribution in [2.75, 3.05) is 39.6 Å². The average Bonchev–Trinajstić information content (AvgIpc) is 2.92. The molecule has 0 aromatic heterocycles. The monoisotopic (exact) mass is 646 g/mol. The molecule has 7 fully saturated rings. The Kier molecular flexibility index (Phi) is 10.1. The summed E-state index contributed by atoms with van der Waals surface area (Å²) < 4.78 is 44.8. The van der Waals surface area contributed by atoms with E-state index in [9.17, 15) is 4.79 Å². The summed E-state index contributed by atoms with van der Waals surface area (Å²) in [7, 11) is 0. The van der Waals surface area contributed by atoms with Gasteiger partial charge in [-0.15, -0.1) is 0 Å². The second-order valence-electron chi connectivity index (χ2n) is 17.0. The molecule has 7 aliphatic rings. The van der Waals surface area contributed by atoms with Crippen LogP contribution in [0.15, 0.2) is 12.2 Å². The van der Waals surface area contributed by atoms with Crippen LogP contribution in [0.5, 0.6) is 0 Å². The first-order chi connectivity index (χ1) is 21.8. The van der Waals surface area contributed by atoms with Gasteiger partial charge in [0, 0.05) is 63.9 Å². The van der Waals surface area contributed by atoms with Gasteiger partial charge in [-0.25, -0.2) is 4.79 Å². The van der Waals surface area contributed by atoms with Gasteiger partial charge in [-0.2, -0.15) is 0 Å². The molecule has 8 nitrogen and oxygen atoms in total. The van der Waals surface area contributed by atoms with Gasteiger partial charge in [0.25, 0.3) is 0 Å². The number of rotatable bonds is 20. The van der Waals surface area contributed by atoms with Crippen LogP contribution in [0.2, 0.25) is 0 Å². The molecule has 3 unspecified atom stereocenters. The first-order valence-electron chi connectivity index (χ1n) is 18.5. The number of unbranched alkanes of at least 4 members (excludes halogenated alkanes) is 3. The van der Waals surface area contributed by atoms with E-state index in [2.05, 4.69) is 27.4 Å².